The molecule has 2 N–H and O–H groups in total. The first-order chi connectivity index (χ1) is 12.7. The maximum Gasteiger partial charge on any atom is 0.228 e. The van der Waals surface area contributed by atoms with E-state index in [-0.39, 0.29) is 5.91 Å². The number of benzene rings is 3. The average Bonchev–Trinajstić information content (AvgIpc) is 3.08. The number of nitrogens with zero attached hydrogens (tertiary/aromatic N) is 1. The van der Waals surface area contributed by atoms with Crippen LogP contribution in [0.5, 0.6) is 0 Å². The minimum atomic E-state index is -0.0749. The second-order valence-corrected chi connectivity index (χ2v) is 6.41. The molecule has 128 valence electrons. The number of aromatic nitrogens is 2. The van der Waals surface area contributed by atoms with Crippen molar-refractivity contribution in [1.29, 1.82) is 0 Å². The molecule has 4 aromatic rings. The molecular formula is C21H16ClN3O. The lowest BCUT2D eigenvalue weighted by Gasteiger charge is -2.08. The highest BCUT2D eigenvalue weighted by Crippen LogP contribution is 2.30. The minimum absolute atomic E-state index is 0.0749. The van der Waals surface area contributed by atoms with Gasteiger partial charge in [0.05, 0.1) is 22.5 Å². The summed E-state index contributed by atoms with van der Waals surface area (Å²) < 4.78 is 0. The van der Waals surface area contributed by atoms with Gasteiger partial charge in [-0.25, -0.2) is 4.98 Å². The summed E-state index contributed by atoms with van der Waals surface area (Å²) in [4.78, 5) is 20.1. The summed E-state index contributed by atoms with van der Waals surface area (Å²) in [6.45, 7) is 0. The summed E-state index contributed by atoms with van der Waals surface area (Å²) >= 11 is 6.35. The number of imidazole rings is 1. The van der Waals surface area contributed by atoms with E-state index in [4.69, 9.17) is 11.6 Å². The summed E-state index contributed by atoms with van der Waals surface area (Å²) in [5, 5.41) is 3.50. The van der Waals surface area contributed by atoms with E-state index in [0.717, 1.165) is 22.2 Å². The van der Waals surface area contributed by atoms with Crippen LogP contribution in [0.4, 0.5) is 5.69 Å². The molecule has 1 aromatic heterocycles. The van der Waals surface area contributed by atoms with Crippen LogP contribution in [0.15, 0.2) is 72.8 Å². The molecule has 1 amide bonds. The SMILES string of the molecule is O=C(Cc1ccccc1)Nc1ccc(Cl)c(-c2nc3ccccc3[nH]2)c1. The molecule has 0 aliphatic carbocycles. The zero-order valence-corrected chi connectivity index (χ0v) is 14.6. The van der Waals surface area contributed by atoms with Crippen molar-refractivity contribution in [3.8, 4) is 11.4 Å². The fraction of sp³-hybridized carbons (Fsp3) is 0.0476. The van der Waals surface area contributed by atoms with Crippen LogP contribution < -0.4 is 5.32 Å². The zero-order valence-electron chi connectivity index (χ0n) is 13.9. The first-order valence-electron chi connectivity index (χ1n) is 8.27. The number of para-hydroxylation sites is 2. The Morgan fingerprint density at radius 1 is 1.00 bits per heavy atom. The number of rotatable bonds is 4. The molecule has 4 nitrogen and oxygen atoms in total. The number of amides is 1. The lowest BCUT2D eigenvalue weighted by molar-refractivity contribution is -0.115. The maximum atomic E-state index is 12.3. The lowest BCUT2D eigenvalue weighted by atomic mass is 10.1. The Labute approximate surface area is 155 Å². The molecule has 26 heavy (non-hydrogen) atoms. The van der Waals surface area contributed by atoms with E-state index >= 15 is 0 Å². The first kappa shape index (κ1) is 16.4. The van der Waals surface area contributed by atoms with Gasteiger partial charge in [-0.2, -0.15) is 0 Å². The van der Waals surface area contributed by atoms with Gasteiger partial charge >= 0.3 is 0 Å². The van der Waals surface area contributed by atoms with E-state index in [0.29, 0.717) is 23.0 Å². The van der Waals surface area contributed by atoms with Crippen molar-refractivity contribution >= 4 is 34.2 Å². The standard InChI is InChI=1S/C21H16ClN3O/c22-17-11-10-15(23-20(26)12-14-6-2-1-3-7-14)13-16(17)21-24-18-8-4-5-9-19(18)25-21/h1-11,13H,12H2,(H,23,26)(H,24,25). The molecule has 0 unspecified atom stereocenters. The van der Waals surface area contributed by atoms with Gasteiger partial charge in [-0.1, -0.05) is 54.1 Å². The third-order valence-corrected chi connectivity index (χ3v) is 4.43. The van der Waals surface area contributed by atoms with Gasteiger partial charge in [0.1, 0.15) is 5.82 Å². The van der Waals surface area contributed by atoms with Crippen LogP contribution in [0.25, 0.3) is 22.4 Å². The molecule has 0 aliphatic heterocycles. The van der Waals surface area contributed by atoms with E-state index in [9.17, 15) is 4.79 Å². The number of carbonyl (C=O) groups is 1. The molecule has 0 radical (unpaired) electrons. The third kappa shape index (κ3) is 3.46. The van der Waals surface area contributed by atoms with Crippen LogP contribution >= 0.6 is 11.6 Å². The number of aromatic amines is 1. The molecule has 5 heteroatoms. The van der Waals surface area contributed by atoms with Gasteiger partial charge in [0.25, 0.3) is 0 Å². The van der Waals surface area contributed by atoms with Crippen LogP contribution in [0.2, 0.25) is 5.02 Å². The van der Waals surface area contributed by atoms with E-state index in [1.54, 1.807) is 12.1 Å². The Kier molecular flexibility index (Phi) is 4.42. The molecule has 0 saturated heterocycles. The number of hydrogen-bond donors (Lipinski definition) is 2. The molecule has 0 fully saturated rings. The van der Waals surface area contributed by atoms with Crippen molar-refractivity contribution in [1.82, 2.24) is 9.97 Å². The van der Waals surface area contributed by atoms with Crippen LogP contribution in [0.1, 0.15) is 5.56 Å². The Morgan fingerprint density at radius 2 is 1.77 bits per heavy atom. The number of H-pyrrole nitrogens is 1. The fourth-order valence-corrected chi connectivity index (χ4v) is 3.06. The number of nitrogens with one attached hydrogen (secondary N) is 2. The van der Waals surface area contributed by atoms with E-state index in [1.165, 1.54) is 0 Å². The third-order valence-electron chi connectivity index (χ3n) is 4.10. The predicted octanol–water partition coefficient (Wildman–Crippen LogP) is 5.06. The summed E-state index contributed by atoms with van der Waals surface area (Å²) in [7, 11) is 0. The molecule has 0 atom stereocenters. The van der Waals surface area contributed by atoms with Gasteiger partial charge in [0.2, 0.25) is 5.91 Å². The molecule has 0 spiro atoms. The summed E-state index contributed by atoms with van der Waals surface area (Å²) in [5.74, 6) is 0.601. The topological polar surface area (TPSA) is 57.8 Å². The highest BCUT2D eigenvalue weighted by Gasteiger charge is 2.11. The molecular weight excluding hydrogens is 346 g/mol. The summed E-state index contributed by atoms with van der Waals surface area (Å²) in [6.07, 6.45) is 0.323. The van der Waals surface area contributed by atoms with Gasteiger partial charge in [0, 0.05) is 11.3 Å². The van der Waals surface area contributed by atoms with Gasteiger partial charge in [-0.15, -0.1) is 0 Å². The number of carbonyl (C=O) groups excluding carboxylic acids is 1. The van der Waals surface area contributed by atoms with Gasteiger partial charge < -0.3 is 10.3 Å². The Balaban J connectivity index is 1.59. The summed E-state index contributed by atoms with van der Waals surface area (Å²) in [6, 6.07) is 22.8. The van der Waals surface area contributed by atoms with Crippen molar-refractivity contribution in [3.05, 3.63) is 83.4 Å². The highest BCUT2D eigenvalue weighted by molar-refractivity contribution is 6.33. The number of anilines is 1. The fourth-order valence-electron chi connectivity index (χ4n) is 2.85. The van der Waals surface area contributed by atoms with Crippen molar-refractivity contribution in [2.45, 2.75) is 6.42 Å². The second-order valence-electron chi connectivity index (χ2n) is 6.01. The molecule has 0 bridgehead atoms. The van der Waals surface area contributed by atoms with Crippen molar-refractivity contribution in [3.63, 3.8) is 0 Å². The molecule has 1 heterocycles. The Bertz CT molecular complexity index is 1040. The highest BCUT2D eigenvalue weighted by atomic mass is 35.5. The monoisotopic (exact) mass is 361 g/mol. The Hall–Kier alpha value is -3.11. The number of fused-ring (bicyclic) bond motifs is 1. The summed E-state index contributed by atoms with van der Waals surface area (Å²) in [5.41, 5.74) is 4.22. The van der Waals surface area contributed by atoms with Gasteiger partial charge in [-0.3, -0.25) is 4.79 Å². The first-order valence-corrected chi connectivity index (χ1v) is 8.65. The molecule has 4 rings (SSSR count). The average molecular weight is 362 g/mol. The lowest BCUT2D eigenvalue weighted by Crippen LogP contribution is -2.14. The van der Waals surface area contributed by atoms with Crippen LogP contribution in [0.3, 0.4) is 0 Å². The van der Waals surface area contributed by atoms with E-state index < -0.39 is 0 Å². The molecule has 3 aromatic carbocycles. The van der Waals surface area contributed by atoms with Crippen molar-refractivity contribution in [2.24, 2.45) is 0 Å². The van der Waals surface area contributed by atoms with Crippen LogP contribution in [-0.2, 0) is 11.2 Å². The molecule has 0 aliphatic rings. The normalized spacial score (nSPS) is 10.8. The smallest absolute Gasteiger partial charge is 0.228 e. The number of hydrogen-bond acceptors (Lipinski definition) is 2. The van der Waals surface area contributed by atoms with Crippen LogP contribution in [0, 0.1) is 0 Å². The van der Waals surface area contributed by atoms with Gasteiger partial charge in [-0.05, 0) is 35.9 Å². The number of halogens is 1. The van der Waals surface area contributed by atoms with Crippen molar-refractivity contribution in [2.75, 3.05) is 5.32 Å². The quantitative estimate of drug-likeness (QED) is 0.533. The Morgan fingerprint density at radius 3 is 2.58 bits per heavy atom. The minimum Gasteiger partial charge on any atom is -0.338 e. The van der Waals surface area contributed by atoms with Crippen molar-refractivity contribution < 1.29 is 4.79 Å². The zero-order chi connectivity index (χ0) is 17.9. The van der Waals surface area contributed by atoms with Gasteiger partial charge in [0.15, 0.2) is 0 Å². The largest absolute Gasteiger partial charge is 0.338 e. The van der Waals surface area contributed by atoms with E-state index in [1.807, 2.05) is 60.7 Å². The second kappa shape index (κ2) is 7.02. The van der Waals surface area contributed by atoms with E-state index in [2.05, 4.69) is 15.3 Å². The predicted molar refractivity (Wildman–Crippen MR) is 105 cm³/mol. The van der Waals surface area contributed by atoms with Crippen LogP contribution in [-0.4, -0.2) is 15.9 Å². The maximum absolute atomic E-state index is 12.3. The molecule has 0 saturated carbocycles.